The summed E-state index contributed by atoms with van der Waals surface area (Å²) in [6, 6.07) is 4.98. The van der Waals surface area contributed by atoms with E-state index in [4.69, 9.17) is 0 Å². The van der Waals surface area contributed by atoms with Crippen LogP contribution in [0.15, 0.2) is 18.3 Å². The smallest absolute Gasteiger partial charge is 0.127 e. The third kappa shape index (κ3) is 3.37. The van der Waals surface area contributed by atoms with Crippen LogP contribution in [0.4, 0.5) is 11.5 Å². The fraction of sp³-hybridized carbons (Fsp3) is 0.667. The molecule has 1 aliphatic rings. The molecule has 18 heavy (non-hydrogen) atoms. The number of nitrogens with zero attached hydrogens (tertiary/aromatic N) is 2. The lowest BCUT2D eigenvalue weighted by Gasteiger charge is -2.29. The molecule has 1 aliphatic heterocycles. The molecule has 0 spiro atoms. The molecule has 100 valence electrons. The summed E-state index contributed by atoms with van der Waals surface area (Å²) in [7, 11) is 0. The number of pyridine rings is 1. The van der Waals surface area contributed by atoms with Crippen molar-refractivity contribution in [3.63, 3.8) is 0 Å². The van der Waals surface area contributed by atoms with Gasteiger partial charge in [0.15, 0.2) is 0 Å². The fourth-order valence-electron chi connectivity index (χ4n) is 2.61. The van der Waals surface area contributed by atoms with E-state index in [2.05, 4.69) is 41.2 Å². The van der Waals surface area contributed by atoms with Gasteiger partial charge in [-0.15, -0.1) is 0 Å². The molecule has 1 unspecified atom stereocenters. The first-order chi connectivity index (χ1) is 8.81. The Balaban J connectivity index is 2.10. The van der Waals surface area contributed by atoms with Crippen LogP contribution in [0.2, 0.25) is 0 Å². The van der Waals surface area contributed by atoms with Gasteiger partial charge in [-0.05, 0) is 32.3 Å². The van der Waals surface area contributed by atoms with Gasteiger partial charge in [-0.3, -0.25) is 0 Å². The van der Waals surface area contributed by atoms with Crippen molar-refractivity contribution < 1.29 is 0 Å². The maximum Gasteiger partial charge on any atom is 0.127 e. The zero-order valence-electron chi connectivity index (χ0n) is 11.7. The maximum absolute atomic E-state index is 4.38. The zero-order valence-corrected chi connectivity index (χ0v) is 11.7. The first kappa shape index (κ1) is 13.2. The predicted molar refractivity (Wildman–Crippen MR) is 78.3 cm³/mol. The van der Waals surface area contributed by atoms with Crippen molar-refractivity contribution in [3.8, 4) is 0 Å². The van der Waals surface area contributed by atoms with Crippen LogP contribution in [0.1, 0.15) is 46.0 Å². The Kier molecular flexibility index (Phi) is 4.85. The minimum Gasteiger partial charge on any atom is -0.370 e. The molecule has 1 atom stereocenters. The van der Waals surface area contributed by atoms with E-state index in [-0.39, 0.29) is 0 Å². The highest BCUT2D eigenvalue weighted by Crippen LogP contribution is 2.25. The Labute approximate surface area is 111 Å². The van der Waals surface area contributed by atoms with Crippen molar-refractivity contribution in [1.29, 1.82) is 0 Å². The summed E-state index contributed by atoms with van der Waals surface area (Å²) in [4.78, 5) is 6.92. The fourth-order valence-corrected chi connectivity index (χ4v) is 2.61. The van der Waals surface area contributed by atoms with Crippen LogP contribution in [0.3, 0.4) is 0 Å². The molecule has 0 aromatic carbocycles. The lowest BCUT2D eigenvalue weighted by Crippen LogP contribution is -2.32. The van der Waals surface area contributed by atoms with Gasteiger partial charge in [0.25, 0.3) is 0 Å². The molecule has 1 fully saturated rings. The van der Waals surface area contributed by atoms with Crippen molar-refractivity contribution in [3.05, 3.63) is 18.3 Å². The largest absolute Gasteiger partial charge is 0.370 e. The minimum absolute atomic E-state index is 0.647. The van der Waals surface area contributed by atoms with Crippen molar-refractivity contribution in [2.45, 2.75) is 52.0 Å². The van der Waals surface area contributed by atoms with E-state index in [1.54, 1.807) is 0 Å². The highest BCUT2D eigenvalue weighted by molar-refractivity contribution is 5.54. The highest BCUT2D eigenvalue weighted by atomic mass is 15.2. The summed E-state index contributed by atoms with van der Waals surface area (Å²) in [6.45, 7) is 6.68. The molecule has 2 rings (SSSR count). The topological polar surface area (TPSA) is 28.2 Å². The van der Waals surface area contributed by atoms with Gasteiger partial charge in [0.1, 0.15) is 5.82 Å². The predicted octanol–water partition coefficient (Wildman–Crippen LogP) is 3.67. The minimum atomic E-state index is 0.647. The monoisotopic (exact) mass is 247 g/mol. The molecule has 0 radical (unpaired) electrons. The second-order valence-electron chi connectivity index (χ2n) is 5.22. The van der Waals surface area contributed by atoms with Gasteiger partial charge in [0, 0.05) is 37.1 Å². The number of rotatable bonds is 4. The average molecular weight is 247 g/mol. The van der Waals surface area contributed by atoms with E-state index in [0.717, 1.165) is 18.8 Å². The molecule has 0 amide bonds. The third-order valence-corrected chi connectivity index (χ3v) is 3.68. The second kappa shape index (κ2) is 6.62. The molecular formula is C15H25N3. The molecule has 0 bridgehead atoms. The Hall–Kier alpha value is -1.25. The number of hydrogen-bond acceptors (Lipinski definition) is 3. The van der Waals surface area contributed by atoms with Crippen LogP contribution in [-0.4, -0.2) is 24.1 Å². The second-order valence-corrected chi connectivity index (χ2v) is 5.22. The molecule has 3 heteroatoms. The van der Waals surface area contributed by atoms with Gasteiger partial charge >= 0.3 is 0 Å². The van der Waals surface area contributed by atoms with Crippen LogP contribution >= 0.6 is 0 Å². The zero-order chi connectivity index (χ0) is 12.8. The van der Waals surface area contributed by atoms with E-state index in [1.165, 1.54) is 37.9 Å². The standard InChI is InChI=1S/C15H25N3/c1-3-9-16-15-12-14(8-10-17-15)18-11-6-4-5-7-13(18)2/h8,10,12-13H,3-7,9,11H2,1-2H3,(H,16,17). The Morgan fingerprint density at radius 1 is 1.39 bits per heavy atom. The van der Waals surface area contributed by atoms with Gasteiger partial charge < -0.3 is 10.2 Å². The van der Waals surface area contributed by atoms with Crippen LogP contribution in [0.25, 0.3) is 0 Å². The van der Waals surface area contributed by atoms with E-state index in [9.17, 15) is 0 Å². The maximum atomic E-state index is 4.38. The molecule has 1 saturated heterocycles. The van der Waals surface area contributed by atoms with E-state index >= 15 is 0 Å². The molecular weight excluding hydrogens is 222 g/mol. The van der Waals surface area contributed by atoms with Gasteiger partial charge in [-0.2, -0.15) is 0 Å². The molecule has 1 aromatic rings. The Bertz CT molecular complexity index is 365. The summed E-state index contributed by atoms with van der Waals surface area (Å²) in [5.41, 5.74) is 1.32. The lowest BCUT2D eigenvalue weighted by atomic mass is 10.1. The molecule has 0 saturated carbocycles. The summed E-state index contributed by atoms with van der Waals surface area (Å²) < 4.78 is 0. The lowest BCUT2D eigenvalue weighted by molar-refractivity contribution is 0.616. The summed E-state index contributed by atoms with van der Waals surface area (Å²) in [5.74, 6) is 1.01. The molecule has 1 N–H and O–H groups in total. The van der Waals surface area contributed by atoms with E-state index in [0.29, 0.717) is 6.04 Å². The van der Waals surface area contributed by atoms with Gasteiger partial charge in [-0.25, -0.2) is 4.98 Å². The summed E-state index contributed by atoms with van der Waals surface area (Å²) in [5, 5.41) is 3.37. The van der Waals surface area contributed by atoms with Crippen molar-refractivity contribution in [2.24, 2.45) is 0 Å². The normalized spacial score (nSPS) is 20.6. The van der Waals surface area contributed by atoms with Gasteiger partial charge in [0.2, 0.25) is 0 Å². The molecule has 3 nitrogen and oxygen atoms in total. The SMILES string of the molecule is CCCNc1cc(N2CCCCCC2C)ccn1. The van der Waals surface area contributed by atoms with Gasteiger partial charge in [0.05, 0.1) is 0 Å². The quantitative estimate of drug-likeness (QED) is 0.880. The van der Waals surface area contributed by atoms with E-state index < -0.39 is 0 Å². The number of anilines is 2. The van der Waals surface area contributed by atoms with Crippen LogP contribution in [-0.2, 0) is 0 Å². The summed E-state index contributed by atoms with van der Waals surface area (Å²) >= 11 is 0. The first-order valence-electron chi connectivity index (χ1n) is 7.28. The highest BCUT2D eigenvalue weighted by Gasteiger charge is 2.17. The molecule has 2 heterocycles. The van der Waals surface area contributed by atoms with Crippen LogP contribution in [0, 0.1) is 0 Å². The number of hydrogen-bond donors (Lipinski definition) is 1. The van der Waals surface area contributed by atoms with Crippen molar-refractivity contribution >= 4 is 11.5 Å². The van der Waals surface area contributed by atoms with Gasteiger partial charge in [-0.1, -0.05) is 19.8 Å². The van der Waals surface area contributed by atoms with E-state index in [1.807, 2.05) is 6.20 Å². The third-order valence-electron chi connectivity index (χ3n) is 3.68. The summed E-state index contributed by atoms with van der Waals surface area (Å²) in [6.07, 6.45) is 8.40. The number of nitrogens with one attached hydrogen (secondary N) is 1. The van der Waals surface area contributed by atoms with Crippen LogP contribution in [0.5, 0.6) is 0 Å². The average Bonchev–Trinajstić information content (AvgIpc) is 2.61. The molecule has 0 aliphatic carbocycles. The number of aromatic nitrogens is 1. The van der Waals surface area contributed by atoms with Crippen molar-refractivity contribution in [1.82, 2.24) is 4.98 Å². The van der Waals surface area contributed by atoms with Crippen LogP contribution < -0.4 is 10.2 Å². The molecule has 1 aromatic heterocycles. The Morgan fingerprint density at radius 2 is 2.28 bits per heavy atom. The Morgan fingerprint density at radius 3 is 3.11 bits per heavy atom. The first-order valence-corrected chi connectivity index (χ1v) is 7.28. The van der Waals surface area contributed by atoms with Crippen molar-refractivity contribution in [2.75, 3.05) is 23.3 Å².